The molecular weight excluding hydrogens is 679 g/mol. The van der Waals surface area contributed by atoms with Crippen LogP contribution in [0.1, 0.15) is 0 Å². The Morgan fingerprint density at radius 1 is 0.321 bits per heavy atom. The summed E-state index contributed by atoms with van der Waals surface area (Å²) in [5, 5.41) is 9.56. The van der Waals surface area contributed by atoms with Crippen LogP contribution in [-0.2, 0) is 0 Å². The summed E-state index contributed by atoms with van der Waals surface area (Å²) in [5.41, 5.74) is 12.0. The predicted molar refractivity (Wildman–Crippen MR) is 237 cm³/mol. The van der Waals surface area contributed by atoms with E-state index in [-0.39, 0.29) is 0 Å². The first kappa shape index (κ1) is 32.0. The molecule has 0 aliphatic carbocycles. The summed E-state index contributed by atoms with van der Waals surface area (Å²) in [6.07, 6.45) is 0. The number of hydrogen-bond acceptors (Lipinski definition) is 2. The van der Waals surface area contributed by atoms with Crippen molar-refractivity contribution in [3.8, 4) is 33.4 Å². The highest BCUT2D eigenvalue weighted by Crippen LogP contribution is 2.50. The highest BCUT2D eigenvalue weighted by Gasteiger charge is 2.25. The minimum atomic E-state index is 0.867. The largest absolute Gasteiger partial charge is 0.456 e. The van der Waals surface area contributed by atoms with Crippen molar-refractivity contribution < 1.29 is 4.42 Å². The molecule has 0 bridgehead atoms. The van der Waals surface area contributed by atoms with Gasteiger partial charge in [0.25, 0.3) is 0 Å². The molecule has 0 spiro atoms. The second-order valence-electron chi connectivity index (χ2n) is 14.4. The van der Waals surface area contributed by atoms with Gasteiger partial charge in [-0.05, 0) is 103 Å². The van der Waals surface area contributed by atoms with Gasteiger partial charge in [0.05, 0.1) is 11.4 Å². The van der Waals surface area contributed by atoms with Crippen molar-refractivity contribution in [2.24, 2.45) is 0 Å². The van der Waals surface area contributed by atoms with Gasteiger partial charge < -0.3 is 9.32 Å². The zero-order chi connectivity index (χ0) is 37.0. The lowest BCUT2D eigenvalue weighted by Crippen LogP contribution is -2.12. The predicted octanol–water partition coefficient (Wildman–Crippen LogP) is 15.5. The van der Waals surface area contributed by atoms with Gasteiger partial charge in [-0.2, -0.15) is 0 Å². The number of para-hydroxylation sites is 2. The number of fused-ring (bicyclic) bond motifs is 7. The second kappa shape index (κ2) is 13.2. The maximum atomic E-state index is 6.58. The maximum absolute atomic E-state index is 6.58. The first-order chi connectivity index (χ1) is 27.8. The molecule has 0 unspecified atom stereocenters. The third-order valence-corrected chi connectivity index (χ3v) is 11.2. The van der Waals surface area contributed by atoms with E-state index in [1.807, 2.05) is 6.07 Å². The van der Waals surface area contributed by atoms with E-state index in [1.165, 1.54) is 49.0 Å². The van der Waals surface area contributed by atoms with Crippen LogP contribution in [0.25, 0.3) is 87.6 Å². The normalized spacial score (nSPS) is 11.6. The average Bonchev–Trinajstić information content (AvgIpc) is 3.66. The topological polar surface area (TPSA) is 16.4 Å². The van der Waals surface area contributed by atoms with E-state index in [1.54, 1.807) is 0 Å². The number of furan rings is 1. The van der Waals surface area contributed by atoms with Gasteiger partial charge >= 0.3 is 0 Å². The van der Waals surface area contributed by atoms with Crippen LogP contribution < -0.4 is 4.90 Å². The van der Waals surface area contributed by atoms with Gasteiger partial charge in [-0.3, -0.25) is 0 Å². The van der Waals surface area contributed by atoms with Gasteiger partial charge in [-0.1, -0.05) is 164 Å². The summed E-state index contributed by atoms with van der Waals surface area (Å²) < 4.78 is 6.58. The fraction of sp³-hybridized carbons (Fsp3) is 0. The quantitative estimate of drug-likeness (QED) is 0.160. The molecule has 56 heavy (non-hydrogen) atoms. The molecule has 11 rings (SSSR count). The van der Waals surface area contributed by atoms with Gasteiger partial charge in [0.1, 0.15) is 11.2 Å². The van der Waals surface area contributed by atoms with E-state index in [4.69, 9.17) is 4.42 Å². The summed E-state index contributed by atoms with van der Waals surface area (Å²) in [7, 11) is 0. The number of rotatable bonds is 6. The van der Waals surface area contributed by atoms with Crippen LogP contribution in [0.5, 0.6) is 0 Å². The molecule has 0 N–H and O–H groups in total. The number of benzene rings is 10. The van der Waals surface area contributed by atoms with E-state index in [0.29, 0.717) is 0 Å². The fourth-order valence-electron chi connectivity index (χ4n) is 8.64. The molecule has 262 valence electrons. The minimum Gasteiger partial charge on any atom is -0.456 e. The Morgan fingerprint density at radius 2 is 0.946 bits per heavy atom. The Kier molecular flexibility index (Phi) is 7.53. The SMILES string of the molecule is c1ccc(-c2ccc(N(c3ccccc3-c3cc4ccccc4c4ccccc34)c3ccc4oc5ccccc5c4c3-c3ccc4ccccc4c3)cc2)cc1. The summed E-state index contributed by atoms with van der Waals surface area (Å²) in [6, 6.07) is 76.6. The molecule has 0 radical (unpaired) electrons. The Morgan fingerprint density at radius 3 is 1.79 bits per heavy atom. The molecule has 11 aromatic rings. The first-order valence-electron chi connectivity index (χ1n) is 19.2. The van der Waals surface area contributed by atoms with Gasteiger partial charge in [-0.25, -0.2) is 0 Å². The van der Waals surface area contributed by atoms with E-state index in [9.17, 15) is 0 Å². The van der Waals surface area contributed by atoms with Crippen molar-refractivity contribution in [3.05, 3.63) is 212 Å². The van der Waals surface area contributed by atoms with Crippen LogP contribution in [0.3, 0.4) is 0 Å². The zero-order valence-electron chi connectivity index (χ0n) is 30.6. The summed E-state index contributed by atoms with van der Waals surface area (Å²) >= 11 is 0. The van der Waals surface area contributed by atoms with Crippen molar-refractivity contribution in [2.75, 3.05) is 4.90 Å². The number of anilines is 3. The van der Waals surface area contributed by atoms with Crippen molar-refractivity contribution in [1.82, 2.24) is 0 Å². The van der Waals surface area contributed by atoms with Gasteiger partial charge in [0.15, 0.2) is 0 Å². The molecule has 2 nitrogen and oxygen atoms in total. The Balaban J connectivity index is 1.24. The summed E-state index contributed by atoms with van der Waals surface area (Å²) in [4.78, 5) is 2.46. The van der Waals surface area contributed by atoms with Crippen LogP contribution in [0.15, 0.2) is 217 Å². The molecule has 0 aliphatic heterocycles. The Bertz CT molecular complexity index is 3250. The standard InChI is InChI=1S/C54H35NO/c1-2-14-36(15-3-1)38-28-30-42(31-29-38)55(49-24-12-10-22-46(49)48-35-40-18-6-7-19-43(40)44-20-8-9-21-45(44)48)50-32-33-52-54(47-23-11-13-25-51(47)56-52)53(50)41-27-26-37-16-4-5-17-39(37)34-41/h1-35H. The smallest absolute Gasteiger partial charge is 0.136 e. The Labute approximate surface area is 325 Å². The van der Waals surface area contributed by atoms with Gasteiger partial charge in [0, 0.05) is 27.6 Å². The molecule has 2 heteroatoms. The third kappa shape index (κ3) is 5.26. The van der Waals surface area contributed by atoms with Gasteiger partial charge in [-0.15, -0.1) is 0 Å². The van der Waals surface area contributed by atoms with E-state index < -0.39 is 0 Å². The summed E-state index contributed by atoms with van der Waals surface area (Å²) in [5.74, 6) is 0. The highest BCUT2D eigenvalue weighted by atomic mass is 16.3. The average molecular weight is 714 g/mol. The van der Waals surface area contributed by atoms with Crippen LogP contribution in [0.4, 0.5) is 17.1 Å². The van der Waals surface area contributed by atoms with Crippen molar-refractivity contribution in [1.29, 1.82) is 0 Å². The van der Waals surface area contributed by atoms with Gasteiger partial charge in [0.2, 0.25) is 0 Å². The lowest BCUT2D eigenvalue weighted by atomic mass is 9.91. The molecule has 0 saturated heterocycles. The molecule has 1 heterocycles. The molecule has 0 amide bonds. The van der Waals surface area contributed by atoms with Crippen molar-refractivity contribution >= 4 is 71.3 Å². The van der Waals surface area contributed by atoms with Crippen LogP contribution >= 0.6 is 0 Å². The summed E-state index contributed by atoms with van der Waals surface area (Å²) in [6.45, 7) is 0. The highest BCUT2D eigenvalue weighted by molar-refractivity contribution is 6.18. The Hall–Kier alpha value is -7.42. The lowest BCUT2D eigenvalue weighted by Gasteiger charge is -2.30. The van der Waals surface area contributed by atoms with Crippen LogP contribution in [0, 0.1) is 0 Å². The van der Waals surface area contributed by atoms with E-state index in [0.717, 1.165) is 55.7 Å². The zero-order valence-corrected chi connectivity index (χ0v) is 30.6. The van der Waals surface area contributed by atoms with Crippen molar-refractivity contribution in [2.45, 2.75) is 0 Å². The van der Waals surface area contributed by atoms with Crippen molar-refractivity contribution in [3.63, 3.8) is 0 Å². The minimum absolute atomic E-state index is 0.867. The first-order valence-corrected chi connectivity index (χ1v) is 19.2. The van der Waals surface area contributed by atoms with Crippen LogP contribution in [0.2, 0.25) is 0 Å². The second-order valence-corrected chi connectivity index (χ2v) is 14.4. The number of nitrogens with zero attached hydrogens (tertiary/aromatic N) is 1. The monoisotopic (exact) mass is 713 g/mol. The molecule has 1 aromatic heterocycles. The molecular formula is C54H35NO. The fourth-order valence-corrected chi connectivity index (χ4v) is 8.64. The molecule has 0 aliphatic rings. The molecule has 0 saturated carbocycles. The van der Waals surface area contributed by atoms with E-state index in [2.05, 4.69) is 211 Å². The number of hydrogen-bond donors (Lipinski definition) is 0. The molecule has 10 aromatic carbocycles. The third-order valence-electron chi connectivity index (χ3n) is 11.2. The molecule has 0 atom stereocenters. The lowest BCUT2D eigenvalue weighted by molar-refractivity contribution is 0.669. The van der Waals surface area contributed by atoms with Crippen LogP contribution in [-0.4, -0.2) is 0 Å². The molecule has 0 fully saturated rings. The van der Waals surface area contributed by atoms with E-state index >= 15 is 0 Å². The maximum Gasteiger partial charge on any atom is 0.136 e.